The molecule has 1 aliphatic rings. The smallest absolute Gasteiger partial charge is 0.0306 e. The fourth-order valence-electron chi connectivity index (χ4n) is 1.94. The van der Waals surface area contributed by atoms with E-state index in [0.717, 1.165) is 12.8 Å². The molecule has 0 saturated heterocycles. The van der Waals surface area contributed by atoms with Crippen LogP contribution >= 0.6 is 0 Å². The summed E-state index contributed by atoms with van der Waals surface area (Å²) in [5.41, 5.74) is 8.80. The molecule has 14 heavy (non-hydrogen) atoms. The zero-order chi connectivity index (χ0) is 10.4. The molecule has 0 unspecified atom stereocenters. The van der Waals surface area contributed by atoms with Crippen molar-refractivity contribution in [2.45, 2.75) is 44.6 Å². The fraction of sp³-hybridized carbons (Fsp3) is 0.583. The third kappa shape index (κ3) is 1.34. The minimum atomic E-state index is 0.00245. The molecule has 76 valence electrons. The van der Waals surface area contributed by atoms with E-state index in [0.29, 0.717) is 0 Å². The highest BCUT2D eigenvalue weighted by molar-refractivity contribution is 5.32. The predicted octanol–water partition coefficient (Wildman–Crippen LogP) is 2.16. The average Bonchev–Trinajstić information content (AvgIpc) is 2.85. The van der Waals surface area contributed by atoms with Crippen molar-refractivity contribution in [3.8, 4) is 0 Å². The van der Waals surface area contributed by atoms with Crippen LogP contribution in [-0.2, 0) is 5.41 Å². The first-order chi connectivity index (χ1) is 6.46. The first-order valence-electron chi connectivity index (χ1n) is 5.17. The monoisotopic (exact) mass is 190 g/mol. The largest absolute Gasteiger partial charge is 0.324 e. The van der Waals surface area contributed by atoms with Crippen LogP contribution in [0.2, 0.25) is 0 Å². The number of hydrogen-bond donors (Lipinski definition) is 1. The van der Waals surface area contributed by atoms with E-state index >= 15 is 0 Å². The molecule has 1 fully saturated rings. The summed E-state index contributed by atoms with van der Waals surface area (Å²) in [5.74, 6) is 0. The molecule has 1 heterocycles. The predicted molar refractivity (Wildman–Crippen MR) is 58.2 cm³/mol. The Morgan fingerprint density at radius 3 is 2.50 bits per heavy atom. The maximum Gasteiger partial charge on any atom is 0.0306 e. The minimum Gasteiger partial charge on any atom is -0.324 e. The standard InChI is InChI=1S/C12H18N2/c1-9-6-10(8-14-7-9)11(2,3)12(13)4-5-12/h6-8H,4-5,13H2,1-3H3. The normalized spacial score (nSPS) is 19.4. The van der Waals surface area contributed by atoms with Gasteiger partial charge in [-0.1, -0.05) is 19.9 Å². The first-order valence-corrected chi connectivity index (χ1v) is 5.17. The number of rotatable bonds is 2. The lowest BCUT2D eigenvalue weighted by Gasteiger charge is -2.32. The molecular weight excluding hydrogens is 172 g/mol. The highest BCUT2D eigenvalue weighted by Crippen LogP contribution is 2.48. The van der Waals surface area contributed by atoms with Gasteiger partial charge in [-0.15, -0.1) is 0 Å². The van der Waals surface area contributed by atoms with E-state index in [1.807, 2.05) is 12.4 Å². The van der Waals surface area contributed by atoms with Crippen molar-refractivity contribution in [1.82, 2.24) is 4.98 Å². The number of pyridine rings is 1. The van der Waals surface area contributed by atoms with Gasteiger partial charge < -0.3 is 5.73 Å². The summed E-state index contributed by atoms with van der Waals surface area (Å²) in [6, 6.07) is 2.19. The minimum absolute atomic E-state index is 0.00245. The number of hydrogen-bond acceptors (Lipinski definition) is 2. The van der Waals surface area contributed by atoms with Gasteiger partial charge in [0.1, 0.15) is 0 Å². The SMILES string of the molecule is Cc1cncc(C(C)(C)C2(N)CC2)c1. The highest BCUT2D eigenvalue weighted by atomic mass is 14.9. The molecule has 0 aliphatic heterocycles. The Balaban J connectivity index is 2.38. The van der Waals surface area contributed by atoms with E-state index in [1.165, 1.54) is 11.1 Å². The van der Waals surface area contributed by atoms with Gasteiger partial charge in [-0.2, -0.15) is 0 Å². The maximum absolute atomic E-state index is 6.28. The van der Waals surface area contributed by atoms with Gasteiger partial charge in [0.25, 0.3) is 0 Å². The Morgan fingerprint density at radius 2 is 2.00 bits per heavy atom. The van der Waals surface area contributed by atoms with Gasteiger partial charge in [0, 0.05) is 23.3 Å². The number of nitrogens with two attached hydrogens (primary N) is 1. The van der Waals surface area contributed by atoms with Crippen LogP contribution in [-0.4, -0.2) is 10.5 Å². The molecule has 1 aromatic rings. The van der Waals surface area contributed by atoms with Crippen molar-refractivity contribution in [1.29, 1.82) is 0 Å². The van der Waals surface area contributed by atoms with Crippen molar-refractivity contribution in [3.63, 3.8) is 0 Å². The third-order valence-electron chi connectivity index (χ3n) is 3.63. The molecule has 2 rings (SSSR count). The molecule has 0 spiro atoms. The van der Waals surface area contributed by atoms with Gasteiger partial charge in [-0.25, -0.2) is 0 Å². The van der Waals surface area contributed by atoms with Crippen LogP contribution in [0.3, 0.4) is 0 Å². The lowest BCUT2D eigenvalue weighted by atomic mass is 9.76. The lowest BCUT2D eigenvalue weighted by molar-refractivity contribution is 0.390. The molecule has 1 aromatic heterocycles. The molecule has 0 radical (unpaired) electrons. The summed E-state index contributed by atoms with van der Waals surface area (Å²) in [7, 11) is 0. The zero-order valence-electron chi connectivity index (χ0n) is 9.17. The van der Waals surface area contributed by atoms with E-state index in [9.17, 15) is 0 Å². The van der Waals surface area contributed by atoms with Crippen LogP contribution in [0.25, 0.3) is 0 Å². The van der Waals surface area contributed by atoms with Crippen LogP contribution in [0.15, 0.2) is 18.5 Å². The number of aromatic nitrogens is 1. The lowest BCUT2D eigenvalue weighted by Crippen LogP contribution is -2.43. The molecule has 1 aliphatic carbocycles. The summed E-state index contributed by atoms with van der Waals surface area (Å²) in [6.07, 6.45) is 6.09. The van der Waals surface area contributed by atoms with Crippen molar-refractivity contribution < 1.29 is 0 Å². The number of nitrogens with zero attached hydrogens (tertiary/aromatic N) is 1. The van der Waals surface area contributed by atoms with Crippen LogP contribution < -0.4 is 5.73 Å². The molecule has 1 saturated carbocycles. The van der Waals surface area contributed by atoms with Gasteiger partial charge in [0.2, 0.25) is 0 Å². The second-order valence-electron chi connectivity index (χ2n) is 5.03. The second-order valence-corrected chi connectivity index (χ2v) is 5.03. The Morgan fingerprint density at radius 1 is 1.36 bits per heavy atom. The Kier molecular flexibility index (Phi) is 1.93. The molecule has 0 amide bonds. The quantitative estimate of drug-likeness (QED) is 0.776. The Bertz CT molecular complexity index is 351. The summed E-state index contributed by atoms with van der Waals surface area (Å²) in [6.45, 7) is 6.51. The maximum atomic E-state index is 6.28. The molecule has 0 aromatic carbocycles. The van der Waals surface area contributed by atoms with E-state index in [2.05, 4.69) is 31.8 Å². The van der Waals surface area contributed by atoms with Gasteiger partial charge in [-0.05, 0) is 30.9 Å². The summed E-state index contributed by atoms with van der Waals surface area (Å²) in [5, 5.41) is 0. The van der Waals surface area contributed by atoms with Crippen LogP contribution in [0.1, 0.15) is 37.8 Å². The molecule has 0 bridgehead atoms. The van der Waals surface area contributed by atoms with Crippen LogP contribution in [0, 0.1) is 6.92 Å². The number of aryl methyl sites for hydroxylation is 1. The van der Waals surface area contributed by atoms with E-state index in [4.69, 9.17) is 5.73 Å². The van der Waals surface area contributed by atoms with Gasteiger partial charge in [-0.3, -0.25) is 4.98 Å². The van der Waals surface area contributed by atoms with E-state index < -0.39 is 0 Å². The third-order valence-corrected chi connectivity index (χ3v) is 3.63. The van der Waals surface area contributed by atoms with Gasteiger partial charge in [0.15, 0.2) is 0 Å². The summed E-state index contributed by atoms with van der Waals surface area (Å²) < 4.78 is 0. The van der Waals surface area contributed by atoms with Crippen LogP contribution in [0.5, 0.6) is 0 Å². The highest BCUT2D eigenvalue weighted by Gasteiger charge is 2.51. The van der Waals surface area contributed by atoms with E-state index in [1.54, 1.807) is 0 Å². The van der Waals surface area contributed by atoms with Crippen molar-refractivity contribution in [2.24, 2.45) is 5.73 Å². The molecule has 0 atom stereocenters. The van der Waals surface area contributed by atoms with Gasteiger partial charge >= 0.3 is 0 Å². The molecular formula is C12H18N2. The Hall–Kier alpha value is -0.890. The summed E-state index contributed by atoms with van der Waals surface area (Å²) >= 11 is 0. The topological polar surface area (TPSA) is 38.9 Å². The van der Waals surface area contributed by atoms with Crippen molar-refractivity contribution in [2.75, 3.05) is 0 Å². The van der Waals surface area contributed by atoms with Crippen molar-refractivity contribution in [3.05, 3.63) is 29.6 Å². The molecule has 2 N–H and O–H groups in total. The van der Waals surface area contributed by atoms with Crippen LogP contribution in [0.4, 0.5) is 0 Å². The summed E-state index contributed by atoms with van der Waals surface area (Å²) in [4.78, 5) is 4.24. The fourth-order valence-corrected chi connectivity index (χ4v) is 1.94. The first kappa shape index (κ1) is 9.66. The zero-order valence-corrected chi connectivity index (χ0v) is 9.17. The second kappa shape index (κ2) is 2.80. The van der Waals surface area contributed by atoms with Gasteiger partial charge in [0.05, 0.1) is 0 Å². The van der Waals surface area contributed by atoms with E-state index in [-0.39, 0.29) is 11.0 Å². The molecule has 2 heteroatoms. The van der Waals surface area contributed by atoms with Crippen molar-refractivity contribution >= 4 is 0 Å². The Labute approximate surface area is 85.5 Å². The molecule has 2 nitrogen and oxygen atoms in total. The average molecular weight is 190 g/mol.